The van der Waals surface area contributed by atoms with Crippen molar-refractivity contribution >= 4 is 23.1 Å². The Kier molecular flexibility index (Phi) is 6.97. The number of nitrogens with two attached hydrogens (primary N) is 1. The van der Waals surface area contributed by atoms with Gasteiger partial charge in [0.05, 0.1) is 5.69 Å². The summed E-state index contributed by atoms with van der Waals surface area (Å²) < 4.78 is 0. The Labute approximate surface area is 156 Å². The maximum absolute atomic E-state index is 12.0. The third-order valence-electron chi connectivity index (χ3n) is 4.11. The molecular weight excluding hydrogens is 326 g/mol. The number of amides is 1. The first kappa shape index (κ1) is 19.7. The number of aryl methyl sites for hydroxylation is 2. The van der Waals surface area contributed by atoms with E-state index in [1.807, 2.05) is 56.3 Å². The van der Waals surface area contributed by atoms with Gasteiger partial charge in [-0.3, -0.25) is 4.79 Å². The summed E-state index contributed by atoms with van der Waals surface area (Å²) in [7, 11) is 3.99. The first-order valence-corrected chi connectivity index (χ1v) is 8.91. The van der Waals surface area contributed by atoms with Crippen molar-refractivity contribution in [3.63, 3.8) is 0 Å². The second kappa shape index (κ2) is 9.20. The summed E-state index contributed by atoms with van der Waals surface area (Å²) in [6, 6.07) is 11.8. The lowest BCUT2D eigenvalue weighted by molar-refractivity contribution is -0.117. The van der Waals surface area contributed by atoms with Gasteiger partial charge >= 0.3 is 0 Å². The van der Waals surface area contributed by atoms with Crippen molar-refractivity contribution in [1.82, 2.24) is 10.4 Å². The molecule has 0 atom stereocenters. The SMILES string of the molecule is CC(=O)N(NCCCCc1cc(C)cc(N)n1)c1ccc(N(C)C)cc1. The summed E-state index contributed by atoms with van der Waals surface area (Å²) >= 11 is 0. The Balaban J connectivity index is 1.84. The molecule has 0 unspecified atom stereocenters. The predicted molar refractivity (Wildman–Crippen MR) is 108 cm³/mol. The van der Waals surface area contributed by atoms with Gasteiger partial charge in [-0.25, -0.2) is 15.4 Å². The van der Waals surface area contributed by atoms with E-state index in [0.717, 1.165) is 48.4 Å². The van der Waals surface area contributed by atoms with Crippen LogP contribution < -0.4 is 21.1 Å². The average Bonchev–Trinajstić information content (AvgIpc) is 2.57. The fourth-order valence-corrected chi connectivity index (χ4v) is 2.80. The van der Waals surface area contributed by atoms with E-state index in [4.69, 9.17) is 5.73 Å². The van der Waals surface area contributed by atoms with E-state index >= 15 is 0 Å². The van der Waals surface area contributed by atoms with Crippen molar-refractivity contribution < 1.29 is 4.79 Å². The number of unbranched alkanes of at least 4 members (excludes halogenated alkanes) is 1. The van der Waals surface area contributed by atoms with Gasteiger partial charge in [0.2, 0.25) is 5.91 Å². The van der Waals surface area contributed by atoms with E-state index in [0.29, 0.717) is 5.82 Å². The van der Waals surface area contributed by atoms with Gasteiger partial charge in [0, 0.05) is 38.9 Å². The number of nitrogens with one attached hydrogen (secondary N) is 1. The highest BCUT2D eigenvalue weighted by Crippen LogP contribution is 2.18. The molecule has 2 aromatic rings. The highest BCUT2D eigenvalue weighted by Gasteiger charge is 2.11. The van der Waals surface area contributed by atoms with E-state index in [2.05, 4.69) is 16.5 Å². The number of carbonyl (C=O) groups excluding carboxylic acids is 1. The van der Waals surface area contributed by atoms with Crippen LogP contribution in [0.3, 0.4) is 0 Å². The summed E-state index contributed by atoms with van der Waals surface area (Å²) in [6.45, 7) is 4.30. The minimum atomic E-state index is -0.0317. The Morgan fingerprint density at radius 1 is 1.12 bits per heavy atom. The van der Waals surface area contributed by atoms with Gasteiger partial charge in [-0.2, -0.15) is 0 Å². The predicted octanol–water partition coefficient (Wildman–Crippen LogP) is 2.92. The molecule has 1 aromatic carbocycles. The molecule has 1 heterocycles. The molecule has 0 bridgehead atoms. The quantitative estimate of drug-likeness (QED) is 0.562. The molecule has 0 saturated carbocycles. The summed E-state index contributed by atoms with van der Waals surface area (Å²) in [4.78, 5) is 18.3. The monoisotopic (exact) mass is 355 g/mol. The van der Waals surface area contributed by atoms with Crippen molar-refractivity contribution in [2.75, 3.05) is 36.3 Å². The Morgan fingerprint density at radius 2 is 1.77 bits per heavy atom. The fraction of sp³-hybridized carbons (Fsp3) is 0.400. The maximum atomic E-state index is 12.0. The second-order valence-electron chi connectivity index (χ2n) is 6.69. The number of hydrogen-bond acceptors (Lipinski definition) is 5. The number of hydrazine groups is 1. The topological polar surface area (TPSA) is 74.5 Å². The molecule has 1 amide bonds. The third-order valence-corrected chi connectivity index (χ3v) is 4.11. The number of nitrogens with zero attached hydrogens (tertiary/aromatic N) is 3. The zero-order valence-corrected chi connectivity index (χ0v) is 16.1. The van der Waals surface area contributed by atoms with Gasteiger partial charge in [-0.1, -0.05) is 0 Å². The van der Waals surface area contributed by atoms with E-state index in [1.165, 1.54) is 0 Å². The molecule has 0 spiro atoms. The molecule has 0 aliphatic rings. The van der Waals surface area contributed by atoms with Crippen molar-refractivity contribution in [2.24, 2.45) is 0 Å². The number of carbonyl (C=O) groups is 1. The molecule has 2 rings (SSSR count). The maximum Gasteiger partial charge on any atom is 0.238 e. The van der Waals surface area contributed by atoms with Gasteiger partial charge in [-0.05, 0) is 68.1 Å². The molecule has 1 aromatic heterocycles. The lowest BCUT2D eigenvalue weighted by Crippen LogP contribution is -2.42. The largest absolute Gasteiger partial charge is 0.384 e. The fourth-order valence-electron chi connectivity index (χ4n) is 2.80. The lowest BCUT2D eigenvalue weighted by atomic mass is 10.1. The van der Waals surface area contributed by atoms with Crippen molar-refractivity contribution in [3.05, 3.63) is 47.7 Å². The molecule has 6 nitrogen and oxygen atoms in total. The standard InChI is InChI=1S/C20H29N5O/c1-15-13-17(23-20(21)14-15)7-5-6-12-22-25(16(2)26)19-10-8-18(9-11-19)24(3)4/h8-11,13-14,22H,5-7,12H2,1-4H3,(H2,21,23). The number of rotatable bonds is 8. The number of pyridine rings is 1. The minimum absolute atomic E-state index is 0.0317. The van der Waals surface area contributed by atoms with Crippen LogP contribution >= 0.6 is 0 Å². The summed E-state index contributed by atoms with van der Waals surface area (Å²) in [5.74, 6) is 0.540. The van der Waals surface area contributed by atoms with E-state index < -0.39 is 0 Å². The van der Waals surface area contributed by atoms with Crippen molar-refractivity contribution in [3.8, 4) is 0 Å². The number of anilines is 3. The van der Waals surface area contributed by atoms with Crippen LogP contribution in [0.4, 0.5) is 17.2 Å². The Hall–Kier alpha value is -2.60. The van der Waals surface area contributed by atoms with Crippen LogP contribution in [0.15, 0.2) is 36.4 Å². The van der Waals surface area contributed by atoms with E-state index in [1.54, 1.807) is 11.9 Å². The molecule has 0 aliphatic heterocycles. The molecule has 0 aliphatic carbocycles. The summed E-state index contributed by atoms with van der Waals surface area (Å²) in [5.41, 5.74) is 13.1. The molecule has 3 N–H and O–H groups in total. The van der Waals surface area contributed by atoms with Gasteiger partial charge in [0.15, 0.2) is 0 Å². The number of aromatic nitrogens is 1. The Morgan fingerprint density at radius 3 is 2.35 bits per heavy atom. The van der Waals surface area contributed by atoms with Crippen molar-refractivity contribution in [1.29, 1.82) is 0 Å². The highest BCUT2D eigenvalue weighted by molar-refractivity contribution is 5.90. The van der Waals surface area contributed by atoms with Crippen LogP contribution in [-0.2, 0) is 11.2 Å². The number of benzene rings is 1. The average molecular weight is 355 g/mol. The van der Waals surface area contributed by atoms with Gasteiger partial charge < -0.3 is 10.6 Å². The zero-order valence-electron chi connectivity index (χ0n) is 16.1. The molecule has 140 valence electrons. The lowest BCUT2D eigenvalue weighted by Gasteiger charge is -2.23. The summed E-state index contributed by atoms with van der Waals surface area (Å²) in [5, 5.41) is 1.60. The Bertz CT molecular complexity index is 707. The van der Waals surface area contributed by atoms with Crippen LogP contribution in [0, 0.1) is 6.92 Å². The van der Waals surface area contributed by atoms with E-state index in [9.17, 15) is 4.79 Å². The minimum Gasteiger partial charge on any atom is -0.384 e. The van der Waals surface area contributed by atoms with Crippen LogP contribution in [0.2, 0.25) is 0 Å². The second-order valence-corrected chi connectivity index (χ2v) is 6.69. The molecule has 6 heteroatoms. The van der Waals surface area contributed by atoms with Crippen LogP contribution in [0.1, 0.15) is 31.0 Å². The van der Waals surface area contributed by atoms with Crippen LogP contribution in [-0.4, -0.2) is 31.5 Å². The molecule has 0 radical (unpaired) electrons. The third kappa shape index (κ3) is 5.74. The normalized spacial score (nSPS) is 10.6. The van der Waals surface area contributed by atoms with Gasteiger partial charge in [-0.15, -0.1) is 0 Å². The molecular formula is C20H29N5O. The summed E-state index contributed by atoms with van der Waals surface area (Å²) in [6.07, 6.45) is 2.80. The van der Waals surface area contributed by atoms with Crippen molar-refractivity contribution in [2.45, 2.75) is 33.1 Å². The first-order valence-electron chi connectivity index (χ1n) is 8.91. The van der Waals surface area contributed by atoms with Gasteiger partial charge in [0.1, 0.15) is 5.82 Å². The number of nitrogen functional groups attached to an aromatic ring is 1. The smallest absolute Gasteiger partial charge is 0.238 e. The van der Waals surface area contributed by atoms with E-state index in [-0.39, 0.29) is 5.91 Å². The molecule has 0 fully saturated rings. The number of hydrogen-bond donors (Lipinski definition) is 2. The van der Waals surface area contributed by atoms with Crippen LogP contribution in [0.5, 0.6) is 0 Å². The zero-order chi connectivity index (χ0) is 19.1. The molecule has 26 heavy (non-hydrogen) atoms. The van der Waals surface area contributed by atoms with Crippen LogP contribution in [0.25, 0.3) is 0 Å². The molecule has 0 saturated heterocycles. The van der Waals surface area contributed by atoms with Gasteiger partial charge in [0.25, 0.3) is 0 Å². The highest BCUT2D eigenvalue weighted by atomic mass is 16.2. The first-order chi connectivity index (χ1) is 12.4.